The SMILES string of the molecule is Cc1cc(C(=O)c2ccccc2)c(C)n1C(C)CSc1ccccc1. The molecule has 1 aromatic heterocycles. The van der Waals surface area contributed by atoms with Crippen LogP contribution in [0, 0.1) is 13.8 Å². The van der Waals surface area contributed by atoms with Crippen molar-refractivity contribution in [2.45, 2.75) is 31.7 Å². The van der Waals surface area contributed by atoms with Crippen molar-refractivity contribution in [2.75, 3.05) is 5.75 Å². The lowest BCUT2D eigenvalue weighted by atomic mass is 10.0. The molecule has 1 unspecified atom stereocenters. The maximum atomic E-state index is 12.8. The fraction of sp³-hybridized carbons (Fsp3) is 0.227. The first-order chi connectivity index (χ1) is 12.1. The highest BCUT2D eigenvalue weighted by molar-refractivity contribution is 7.99. The van der Waals surface area contributed by atoms with Gasteiger partial charge in [-0.1, -0.05) is 48.5 Å². The number of carbonyl (C=O) groups is 1. The van der Waals surface area contributed by atoms with Crippen molar-refractivity contribution >= 4 is 17.5 Å². The number of benzene rings is 2. The van der Waals surface area contributed by atoms with Gasteiger partial charge in [0.2, 0.25) is 0 Å². The van der Waals surface area contributed by atoms with Gasteiger partial charge < -0.3 is 4.57 Å². The molecule has 0 aliphatic heterocycles. The highest BCUT2D eigenvalue weighted by Gasteiger charge is 2.19. The van der Waals surface area contributed by atoms with E-state index in [4.69, 9.17) is 0 Å². The predicted octanol–water partition coefficient (Wildman–Crippen LogP) is 5.69. The number of carbonyl (C=O) groups excluding carboxylic acids is 1. The molecule has 0 radical (unpaired) electrons. The van der Waals surface area contributed by atoms with Crippen molar-refractivity contribution in [3.63, 3.8) is 0 Å². The number of rotatable bonds is 6. The van der Waals surface area contributed by atoms with E-state index in [-0.39, 0.29) is 5.78 Å². The summed E-state index contributed by atoms with van der Waals surface area (Å²) >= 11 is 1.85. The zero-order valence-corrected chi connectivity index (χ0v) is 15.7. The summed E-state index contributed by atoms with van der Waals surface area (Å²) in [6.07, 6.45) is 0. The highest BCUT2D eigenvalue weighted by atomic mass is 32.2. The molecule has 1 heterocycles. The van der Waals surface area contributed by atoms with Gasteiger partial charge in [-0.2, -0.15) is 0 Å². The van der Waals surface area contributed by atoms with E-state index in [1.165, 1.54) is 4.90 Å². The molecule has 0 saturated carbocycles. The zero-order valence-electron chi connectivity index (χ0n) is 14.9. The van der Waals surface area contributed by atoms with E-state index in [0.717, 1.165) is 28.3 Å². The molecule has 0 amide bonds. The first-order valence-electron chi connectivity index (χ1n) is 8.54. The van der Waals surface area contributed by atoms with Crippen LogP contribution >= 0.6 is 11.8 Å². The van der Waals surface area contributed by atoms with Crippen molar-refractivity contribution in [1.29, 1.82) is 0 Å². The maximum absolute atomic E-state index is 12.8. The van der Waals surface area contributed by atoms with Gasteiger partial charge in [0.05, 0.1) is 0 Å². The van der Waals surface area contributed by atoms with Gasteiger partial charge in [-0.05, 0) is 39.0 Å². The van der Waals surface area contributed by atoms with E-state index >= 15 is 0 Å². The molecule has 3 aromatic rings. The van der Waals surface area contributed by atoms with Crippen LogP contribution in [0.25, 0.3) is 0 Å². The van der Waals surface area contributed by atoms with Crippen molar-refractivity contribution in [3.05, 3.63) is 89.2 Å². The van der Waals surface area contributed by atoms with Crippen LogP contribution in [-0.4, -0.2) is 16.1 Å². The second-order valence-electron chi connectivity index (χ2n) is 6.32. The number of thioether (sulfide) groups is 1. The van der Waals surface area contributed by atoms with Crippen molar-refractivity contribution in [2.24, 2.45) is 0 Å². The minimum Gasteiger partial charge on any atom is -0.345 e. The largest absolute Gasteiger partial charge is 0.345 e. The van der Waals surface area contributed by atoms with E-state index in [2.05, 4.69) is 42.7 Å². The molecule has 0 aliphatic carbocycles. The minimum absolute atomic E-state index is 0.0999. The van der Waals surface area contributed by atoms with Crippen molar-refractivity contribution in [3.8, 4) is 0 Å². The summed E-state index contributed by atoms with van der Waals surface area (Å²) in [7, 11) is 0. The third kappa shape index (κ3) is 3.88. The molecule has 3 rings (SSSR count). The van der Waals surface area contributed by atoms with Gasteiger partial charge in [0.15, 0.2) is 5.78 Å². The van der Waals surface area contributed by atoms with E-state index < -0.39 is 0 Å². The lowest BCUT2D eigenvalue weighted by Gasteiger charge is -2.18. The quantitative estimate of drug-likeness (QED) is 0.421. The molecule has 0 aliphatic rings. The molecule has 128 valence electrons. The van der Waals surface area contributed by atoms with Gasteiger partial charge in [-0.25, -0.2) is 0 Å². The van der Waals surface area contributed by atoms with E-state index in [9.17, 15) is 4.79 Å². The predicted molar refractivity (Wildman–Crippen MR) is 106 cm³/mol. The Balaban J connectivity index is 1.80. The number of ketones is 1. The molecule has 0 bridgehead atoms. The van der Waals surface area contributed by atoms with Crippen LogP contribution in [0.15, 0.2) is 71.6 Å². The molecule has 2 nitrogen and oxygen atoms in total. The molecular formula is C22H23NOS. The number of hydrogen-bond donors (Lipinski definition) is 0. The van der Waals surface area contributed by atoms with E-state index in [1.807, 2.05) is 61.2 Å². The molecule has 1 atom stereocenters. The van der Waals surface area contributed by atoms with Gasteiger partial charge in [0, 0.05) is 39.2 Å². The fourth-order valence-corrected chi connectivity index (χ4v) is 4.17. The molecule has 3 heteroatoms. The zero-order chi connectivity index (χ0) is 17.8. The van der Waals surface area contributed by atoms with Crippen molar-refractivity contribution < 1.29 is 4.79 Å². The summed E-state index contributed by atoms with van der Waals surface area (Å²) < 4.78 is 2.28. The van der Waals surface area contributed by atoms with Crippen LogP contribution in [0.5, 0.6) is 0 Å². The molecule has 0 saturated heterocycles. The Morgan fingerprint density at radius 2 is 1.60 bits per heavy atom. The Kier molecular flexibility index (Phi) is 5.44. The van der Waals surface area contributed by atoms with Crippen LogP contribution in [0.2, 0.25) is 0 Å². The Morgan fingerprint density at radius 3 is 2.24 bits per heavy atom. The van der Waals surface area contributed by atoms with Crippen LogP contribution < -0.4 is 0 Å². The standard InChI is InChI=1S/C22H23NOS/c1-16-14-21(22(24)19-10-6-4-7-11-19)18(3)23(16)17(2)15-25-20-12-8-5-9-13-20/h4-14,17H,15H2,1-3H3. The third-order valence-electron chi connectivity index (χ3n) is 4.44. The molecule has 0 fully saturated rings. The van der Waals surface area contributed by atoms with Crippen molar-refractivity contribution in [1.82, 2.24) is 4.57 Å². The molecule has 0 spiro atoms. The first kappa shape index (κ1) is 17.6. The molecule has 25 heavy (non-hydrogen) atoms. The lowest BCUT2D eigenvalue weighted by Crippen LogP contribution is -2.12. The van der Waals surface area contributed by atoms with Crippen LogP contribution in [0.4, 0.5) is 0 Å². The van der Waals surface area contributed by atoms with Gasteiger partial charge in [-0.3, -0.25) is 4.79 Å². The summed E-state index contributed by atoms with van der Waals surface area (Å²) in [6.45, 7) is 6.35. The van der Waals surface area contributed by atoms with Crippen LogP contribution in [0.1, 0.15) is 40.3 Å². The number of nitrogens with zero attached hydrogens (tertiary/aromatic N) is 1. The summed E-state index contributed by atoms with van der Waals surface area (Å²) in [4.78, 5) is 14.1. The number of hydrogen-bond acceptors (Lipinski definition) is 2. The average molecular weight is 349 g/mol. The first-order valence-corrected chi connectivity index (χ1v) is 9.52. The summed E-state index contributed by atoms with van der Waals surface area (Å²) in [5.74, 6) is 1.07. The lowest BCUT2D eigenvalue weighted by molar-refractivity contribution is 0.103. The van der Waals surface area contributed by atoms with E-state index in [0.29, 0.717) is 6.04 Å². The topological polar surface area (TPSA) is 22.0 Å². The Bertz CT molecular complexity index is 852. The van der Waals surface area contributed by atoms with Gasteiger partial charge in [-0.15, -0.1) is 11.8 Å². The summed E-state index contributed by atoms with van der Waals surface area (Å²) in [5.41, 5.74) is 3.74. The maximum Gasteiger partial charge on any atom is 0.194 e. The normalized spacial score (nSPS) is 12.1. The summed E-state index contributed by atoms with van der Waals surface area (Å²) in [6, 6.07) is 22.3. The second kappa shape index (κ2) is 7.75. The number of aryl methyl sites for hydroxylation is 1. The Hall–Kier alpha value is -2.26. The fourth-order valence-electron chi connectivity index (χ4n) is 3.24. The van der Waals surface area contributed by atoms with Gasteiger partial charge in [0.25, 0.3) is 0 Å². The van der Waals surface area contributed by atoms with E-state index in [1.54, 1.807) is 0 Å². The number of aromatic nitrogens is 1. The minimum atomic E-state index is 0.0999. The molecule has 2 aromatic carbocycles. The highest BCUT2D eigenvalue weighted by Crippen LogP contribution is 2.27. The van der Waals surface area contributed by atoms with Gasteiger partial charge in [0.1, 0.15) is 0 Å². The Morgan fingerprint density at radius 1 is 1.00 bits per heavy atom. The Labute approximate surface area is 153 Å². The average Bonchev–Trinajstić information content (AvgIpc) is 2.95. The smallest absolute Gasteiger partial charge is 0.194 e. The third-order valence-corrected chi connectivity index (χ3v) is 5.69. The second-order valence-corrected chi connectivity index (χ2v) is 7.42. The molecular weight excluding hydrogens is 326 g/mol. The van der Waals surface area contributed by atoms with Crippen LogP contribution in [-0.2, 0) is 0 Å². The molecule has 0 N–H and O–H groups in total. The van der Waals surface area contributed by atoms with Gasteiger partial charge >= 0.3 is 0 Å². The monoisotopic (exact) mass is 349 g/mol. The summed E-state index contributed by atoms with van der Waals surface area (Å²) in [5, 5.41) is 0. The van der Waals surface area contributed by atoms with Crippen LogP contribution in [0.3, 0.4) is 0 Å².